The Kier molecular flexibility index (Phi) is 3.58. The van der Waals surface area contributed by atoms with Crippen molar-refractivity contribution in [3.05, 3.63) is 12.2 Å². The van der Waals surface area contributed by atoms with E-state index in [0.717, 1.165) is 19.3 Å². The van der Waals surface area contributed by atoms with E-state index in [0.29, 0.717) is 0 Å². The number of fused-ring (bicyclic) bond motifs is 1. The lowest BCUT2D eigenvalue weighted by Gasteiger charge is -2.60. The van der Waals surface area contributed by atoms with Gasteiger partial charge in [-0.25, -0.2) is 4.79 Å². The number of rotatable bonds is 4. The first-order valence-corrected chi connectivity index (χ1v) is 8.49. The first kappa shape index (κ1) is 17.0. The van der Waals surface area contributed by atoms with Crippen molar-refractivity contribution in [3.63, 3.8) is 0 Å². The number of esters is 1. The maximum absolute atomic E-state index is 12.8. The number of nitrogens with zero attached hydrogens (tertiary/aromatic N) is 1. The molecule has 0 aromatic rings. The molecule has 5 atom stereocenters. The number of carbonyl (C=O) groups excluding carboxylic acids is 2. The van der Waals surface area contributed by atoms with Gasteiger partial charge in [0.2, 0.25) is 11.4 Å². The van der Waals surface area contributed by atoms with Gasteiger partial charge in [0.1, 0.15) is 5.60 Å². The van der Waals surface area contributed by atoms with Gasteiger partial charge in [0.25, 0.3) is 0 Å². The second kappa shape index (κ2) is 5.06. The number of nitriles is 1. The van der Waals surface area contributed by atoms with Gasteiger partial charge in [0, 0.05) is 12.3 Å². The molecule has 2 fully saturated rings. The van der Waals surface area contributed by atoms with Crippen LogP contribution in [0.1, 0.15) is 52.9 Å². The van der Waals surface area contributed by atoms with E-state index in [-0.39, 0.29) is 24.7 Å². The van der Waals surface area contributed by atoms with Crippen LogP contribution in [0.25, 0.3) is 0 Å². The number of aliphatic hydroxyl groups is 1. The summed E-state index contributed by atoms with van der Waals surface area (Å²) in [5.41, 5.74) is -5.17. The molecule has 2 saturated heterocycles. The van der Waals surface area contributed by atoms with Gasteiger partial charge in [0.05, 0.1) is 11.5 Å². The van der Waals surface area contributed by atoms with Crippen molar-refractivity contribution in [2.45, 2.75) is 69.6 Å². The smallest absolute Gasteiger partial charge is 0.339 e. The zero-order valence-electron chi connectivity index (χ0n) is 14.4. The van der Waals surface area contributed by atoms with Crippen molar-refractivity contribution in [3.8, 4) is 6.07 Å². The molecule has 0 aromatic carbocycles. The van der Waals surface area contributed by atoms with Crippen LogP contribution < -0.4 is 5.32 Å². The van der Waals surface area contributed by atoms with Crippen LogP contribution in [0.2, 0.25) is 0 Å². The summed E-state index contributed by atoms with van der Waals surface area (Å²) in [5, 5.41) is 23.1. The van der Waals surface area contributed by atoms with Crippen LogP contribution in [-0.2, 0) is 14.3 Å². The Morgan fingerprint density at radius 1 is 1.50 bits per heavy atom. The largest absolute Gasteiger partial charge is 0.453 e. The first-order chi connectivity index (χ1) is 11.2. The third-order valence-corrected chi connectivity index (χ3v) is 6.65. The minimum Gasteiger partial charge on any atom is -0.453 e. The van der Waals surface area contributed by atoms with Gasteiger partial charge in [-0.05, 0) is 46.5 Å². The van der Waals surface area contributed by atoms with Gasteiger partial charge in [-0.1, -0.05) is 12.2 Å². The molecule has 0 radical (unpaired) electrons. The quantitative estimate of drug-likeness (QED) is 0.601. The van der Waals surface area contributed by atoms with Crippen molar-refractivity contribution in [2.24, 2.45) is 11.3 Å². The first-order valence-electron chi connectivity index (χ1n) is 8.49. The Morgan fingerprint density at radius 3 is 2.75 bits per heavy atom. The average molecular weight is 332 g/mol. The monoisotopic (exact) mass is 332 g/mol. The topological polar surface area (TPSA) is 99.4 Å². The summed E-state index contributed by atoms with van der Waals surface area (Å²) in [6.07, 6.45) is 7.02. The summed E-state index contributed by atoms with van der Waals surface area (Å²) in [6.45, 7) is 5.02. The van der Waals surface area contributed by atoms with Gasteiger partial charge in [0.15, 0.2) is 5.60 Å². The van der Waals surface area contributed by atoms with Crippen LogP contribution >= 0.6 is 0 Å². The Morgan fingerprint density at radius 2 is 2.21 bits per heavy atom. The van der Waals surface area contributed by atoms with Crippen molar-refractivity contribution in [1.29, 1.82) is 5.26 Å². The Bertz CT molecular complexity index is 664. The molecule has 2 heterocycles. The van der Waals surface area contributed by atoms with E-state index < -0.39 is 28.1 Å². The van der Waals surface area contributed by atoms with Gasteiger partial charge in [-0.3, -0.25) is 4.79 Å². The molecule has 3 aliphatic rings. The fourth-order valence-corrected chi connectivity index (χ4v) is 4.74. The summed E-state index contributed by atoms with van der Waals surface area (Å²) in [7, 11) is 0. The Labute approximate surface area is 141 Å². The van der Waals surface area contributed by atoms with Gasteiger partial charge >= 0.3 is 5.97 Å². The number of ether oxygens (including phenoxy) is 1. The molecular weight excluding hydrogens is 308 g/mol. The fourth-order valence-electron chi connectivity index (χ4n) is 4.74. The van der Waals surface area contributed by atoms with E-state index in [9.17, 15) is 14.7 Å². The van der Waals surface area contributed by atoms with Crippen LogP contribution in [0.4, 0.5) is 0 Å². The number of amides is 1. The highest BCUT2D eigenvalue weighted by molar-refractivity contribution is 6.04. The van der Waals surface area contributed by atoms with Crippen molar-refractivity contribution in [2.75, 3.05) is 0 Å². The number of hydrogen-bond donors (Lipinski definition) is 2. The van der Waals surface area contributed by atoms with Crippen LogP contribution in [0, 0.1) is 22.7 Å². The van der Waals surface area contributed by atoms with Gasteiger partial charge in [-0.15, -0.1) is 0 Å². The second-order valence-electron chi connectivity index (χ2n) is 7.73. The summed E-state index contributed by atoms with van der Waals surface area (Å²) in [4.78, 5) is 25.3. The second-order valence-corrected chi connectivity index (χ2v) is 7.73. The number of hydrogen-bond acceptors (Lipinski definition) is 5. The molecule has 24 heavy (non-hydrogen) atoms. The van der Waals surface area contributed by atoms with Crippen molar-refractivity contribution < 1.29 is 19.4 Å². The van der Waals surface area contributed by atoms with E-state index in [1.165, 1.54) is 0 Å². The van der Waals surface area contributed by atoms with E-state index >= 15 is 0 Å². The molecule has 1 aliphatic carbocycles. The highest BCUT2D eigenvalue weighted by Gasteiger charge is 2.86. The van der Waals surface area contributed by atoms with Crippen LogP contribution in [0.15, 0.2) is 12.2 Å². The average Bonchev–Trinajstić information content (AvgIpc) is 2.70. The molecule has 6 nitrogen and oxygen atoms in total. The van der Waals surface area contributed by atoms with E-state index in [4.69, 9.17) is 10.00 Å². The maximum atomic E-state index is 12.8. The molecule has 0 spiro atoms. The number of carbonyl (C=O) groups is 2. The summed E-state index contributed by atoms with van der Waals surface area (Å²) in [5.74, 6) is -1.17. The Hall–Kier alpha value is -1.87. The molecule has 2 N–H and O–H groups in total. The zero-order valence-corrected chi connectivity index (χ0v) is 14.4. The minimum absolute atomic E-state index is 0.179. The summed E-state index contributed by atoms with van der Waals surface area (Å²) >= 11 is 0. The molecule has 0 unspecified atom stereocenters. The van der Waals surface area contributed by atoms with Crippen LogP contribution in [-0.4, -0.2) is 33.7 Å². The molecule has 130 valence electrons. The van der Waals surface area contributed by atoms with Gasteiger partial charge < -0.3 is 15.2 Å². The van der Waals surface area contributed by atoms with E-state index in [1.807, 2.05) is 18.2 Å². The molecule has 1 amide bonds. The van der Waals surface area contributed by atoms with E-state index in [2.05, 4.69) is 5.32 Å². The molecule has 0 aromatic heterocycles. The van der Waals surface area contributed by atoms with Gasteiger partial charge in [-0.2, -0.15) is 5.26 Å². The molecular formula is C18H24N2O4. The normalized spacial score (nSPS) is 43.0. The van der Waals surface area contributed by atoms with Crippen molar-refractivity contribution >= 4 is 11.9 Å². The third-order valence-electron chi connectivity index (χ3n) is 6.65. The van der Waals surface area contributed by atoms with Crippen LogP contribution in [0.5, 0.6) is 0 Å². The molecule has 3 rings (SSSR count). The van der Waals surface area contributed by atoms with E-state index in [1.54, 1.807) is 20.8 Å². The summed E-state index contributed by atoms with van der Waals surface area (Å²) < 4.78 is 5.50. The minimum atomic E-state index is -1.48. The SMILES string of the molecule is C[C@@]12OC(=O)[C@]1([C@@](C)(O)[C@@H]1C=CCCC1)NC(=O)[C@]2(C)CCC#N. The lowest BCUT2D eigenvalue weighted by Crippen LogP contribution is -2.85. The summed E-state index contributed by atoms with van der Waals surface area (Å²) in [6, 6.07) is 2.05. The number of nitrogens with one attached hydrogen (secondary N) is 1. The highest BCUT2D eigenvalue weighted by Crippen LogP contribution is 2.62. The predicted octanol–water partition coefficient (Wildman–Crippen LogP) is 1.59. The maximum Gasteiger partial charge on any atom is 0.339 e. The predicted molar refractivity (Wildman–Crippen MR) is 85.4 cm³/mol. The lowest BCUT2D eigenvalue weighted by atomic mass is 9.54. The number of allylic oxidation sites excluding steroid dienone is 1. The van der Waals surface area contributed by atoms with Crippen LogP contribution in [0.3, 0.4) is 0 Å². The molecule has 6 heteroatoms. The molecule has 2 aliphatic heterocycles. The molecule has 0 bridgehead atoms. The standard InChI is InChI=1S/C18H24N2O4/c1-15(10-7-11-19)13(21)20-18(14(22)24-17(15,18)3)16(2,23)12-8-5-4-6-9-12/h5,8,12,23H,4,6-7,9-10H2,1-3H3,(H,20,21)/t12-,15+,16+,17+,18-/m1/s1. The Balaban J connectivity index is 2.07. The zero-order chi connectivity index (χ0) is 17.8. The third kappa shape index (κ3) is 1.68. The fraction of sp³-hybridized carbons (Fsp3) is 0.722. The lowest BCUT2D eigenvalue weighted by molar-refractivity contribution is -0.267. The molecule has 0 saturated carbocycles. The van der Waals surface area contributed by atoms with Crippen molar-refractivity contribution in [1.82, 2.24) is 5.32 Å². The highest BCUT2D eigenvalue weighted by atomic mass is 16.6.